The SMILES string of the molecule is Cc1ccc(Cl)cc1N(CCCC(=O)N(Cc1c(Cl)cccc1Cl)C(C)C(=O)NCC(C)C)S(C)(=O)=O. The standard InChI is InChI=1S/C26H34Cl3N3O4S/c1-17(2)15-30-26(34)19(4)31(16-21-22(28)8-6-9-23(21)29)25(33)10-7-13-32(37(5,35)36)24-14-20(27)12-11-18(24)3/h6,8-9,11-12,14,17,19H,7,10,13,15-16H2,1-5H3,(H,30,34). The minimum atomic E-state index is -3.63. The van der Waals surface area contributed by atoms with E-state index in [-0.39, 0.29) is 43.7 Å². The van der Waals surface area contributed by atoms with Gasteiger partial charge in [0.15, 0.2) is 0 Å². The first kappa shape index (κ1) is 31.2. The Hall–Kier alpha value is -2.00. The minimum absolute atomic E-state index is 0.00943. The summed E-state index contributed by atoms with van der Waals surface area (Å²) in [5.41, 5.74) is 1.74. The number of nitrogens with one attached hydrogen (secondary N) is 1. The Labute approximate surface area is 235 Å². The van der Waals surface area contributed by atoms with Gasteiger partial charge < -0.3 is 10.2 Å². The second-order valence-corrected chi connectivity index (χ2v) is 12.6. The highest BCUT2D eigenvalue weighted by atomic mass is 35.5. The number of amides is 2. The van der Waals surface area contributed by atoms with Gasteiger partial charge >= 0.3 is 0 Å². The van der Waals surface area contributed by atoms with Gasteiger partial charge in [0.1, 0.15) is 6.04 Å². The summed E-state index contributed by atoms with van der Waals surface area (Å²) in [4.78, 5) is 27.7. The zero-order valence-corrected chi connectivity index (χ0v) is 24.8. The molecule has 37 heavy (non-hydrogen) atoms. The van der Waals surface area contributed by atoms with Crippen molar-refractivity contribution in [3.05, 3.63) is 62.6 Å². The second-order valence-electron chi connectivity index (χ2n) is 9.41. The summed E-state index contributed by atoms with van der Waals surface area (Å²) in [7, 11) is -3.63. The number of carbonyl (C=O) groups is 2. The molecule has 1 atom stereocenters. The van der Waals surface area contributed by atoms with Gasteiger partial charge in [0, 0.05) is 46.7 Å². The van der Waals surface area contributed by atoms with E-state index in [1.54, 1.807) is 50.2 Å². The van der Waals surface area contributed by atoms with Gasteiger partial charge in [0.25, 0.3) is 0 Å². The van der Waals surface area contributed by atoms with Crippen molar-refractivity contribution in [3.63, 3.8) is 0 Å². The Morgan fingerprint density at radius 1 is 1.03 bits per heavy atom. The van der Waals surface area contributed by atoms with E-state index in [4.69, 9.17) is 34.8 Å². The summed E-state index contributed by atoms with van der Waals surface area (Å²) >= 11 is 18.8. The lowest BCUT2D eigenvalue weighted by atomic mass is 10.1. The first-order valence-electron chi connectivity index (χ1n) is 12.0. The van der Waals surface area contributed by atoms with E-state index in [1.807, 2.05) is 13.8 Å². The summed E-state index contributed by atoms with van der Waals surface area (Å²) in [5, 5.41) is 4.05. The minimum Gasteiger partial charge on any atom is -0.354 e. The van der Waals surface area contributed by atoms with Gasteiger partial charge in [0.05, 0.1) is 11.9 Å². The smallest absolute Gasteiger partial charge is 0.242 e. The van der Waals surface area contributed by atoms with Crippen LogP contribution < -0.4 is 9.62 Å². The average molecular weight is 591 g/mol. The van der Waals surface area contributed by atoms with Gasteiger partial charge in [-0.15, -0.1) is 0 Å². The van der Waals surface area contributed by atoms with Crippen LogP contribution in [0.2, 0.25) is 15.1 Å². The van der Waals surface area contributed by atoms with Gasteiger partial charge in [-0.3, -0.25) is 13.9 Å². The van der Waals surface area contributed by atoms with Crippen LogP contribution in [0.3, 0.4) is 0 Å². The molecule has 2 aromatic rings. The lowest BCUT2D eigenvalue weighted by Gasteiger charge is -2.30. The molecule has 0 aliphatic heterocycles. The van der Waals surface area contributed by atoms with Crippen molar-refractivity contribution in [1.29, 1.82) is 0 Å². The summed E-state index contributed by atoms with van der Waals surface area (Å²) in [6, 6.07) is 9.28. The van der Waals surface area contributed by atoms with Crippen LogP contribution in [0.5, 0.6) is 0 Å². The quantitative estimate of drug-likeness (QED) is 0.344. The van der Waals surface area contributed by atoms with E-state index in [2.05, 4.69) is 5.32 Å². The maximum atomic E-state index is 13.4. The molecule has 0 radical (unpaired) electrons. The third-order valence-corrected chi connectivity index (χ3v) is 7.96. The largest absolute Gasteiger partial charge is 0.354 e. The normalized spacial score (nSPS) is 12.4. The fraction of sp³-hybridized carbons (Fsp3) is 0.462. The summed E-state index contributed by atoms with van der Waals surface area (Å²) in [6.07, 6.45) is 1.35. The van der Waals surface area contributed by atoms with E-state index in [1.165, 1.54) is 9.21 Å². The van der Waals surface area contributed by atoms with Crippen molar-refractivity contribution >= 4 is 62.3 Å². The average Bonchev–Trinajstić information content (AvgIpc) is 2.80. The number of nitrogens with zero attached hydrogens (tertiary/aromatic N) is 2. The van der Waals surface area contributed by atoms with Gasteiger partial charge in [-0.05, 0) is 56.0 Å². The van der Waals surface area contributed by atoms with E-state index in [0.717, 1.165) is 11.8 Å². The number of anilines is 1. The van der Waals surface area contributed by atoms with Gasteiger partial charge in [-0.2, -0.15) is 0 Å². The van der Waals surface area contributed by atoms with Crippen molar-refractivity contribution in [2.24, 2.45) is 5.92 Å². The van der Waals surface area contributed by atoms with Crippen LogP contribution in [0.1, 0.15) is 44.7 Å². The molecule has 0 heterocycles. The van der Waals surface area contributed by atoms with Crippen LogP contribution >= 0.6 is 34.8 Å². The highest BCUT2D eigenvalue weighted by Gasteiger charge is 2.28. The molecule has 2 aromatic carbocycles. The Kier molecular flexibility index (Phi) is 11.6. The Balaban J connectivity index is 2.25. The van der Waals surface area contributed by atoms with Crippen LogP contribution in [0.15, 0.2) is 36.4 Å². The van der Waals surface area contributed by atoms with Crippen LogP contribution in [0, 0.1) is 12.8 Å². The molecule has 1 N–H and O–H groups in total. The summed E-state index contributed by atoms with van der Waals surface area (Å²) < 4.78 is 26.3. The summed E-state index contributed by atoms with van der Waals surface area (Å²) in [6.45, 7) is 7.98. The molecule has 7 nitrogen and oxygen atoms in total. The monoisotopic (exact) mass is 589 g/mol. The second kappa shape index (κ2) is 13.7. The summed E-state index contributed by atoms with van der Waals surface area (Å²) in [5.74, 6) is -0.368. The molecule has 11 heteroatoms. The zero-order chi connectivity index (χ0) is 27.9. The zero-order valence-electron chi connectivity index (χ0n) is 21.7. The van der Waals surface area contributed by atoms with Crippen molar-refractivity contribution in [2.45, 2.75) is 53.1 Å². The first-order chi connectivity index (χ1) is 17.2. The lowest BCUT2D eigenvalue weighted by Crippen LogP contribution is -2.48. The van der Waals surface area contributed by atoms with Gasteiger partial charge in [-0.1, -0.05) is 60.8 Å². The molecule has 0 bridgehead atoms. The van der Waals surface area contributed by atoms with E-state index >= 15 is 0 Å². The molecular weight excluding hydrogens is 557 g/mol. The number of hydrogen-bond acceptors (Lipinski definition) is 4. The first-order valence-corrected chi connectivity index (χ1v) is 14.9. The number of aryl methyl sites for hydroxylation is 1. The highest BCUT2D eigenvalue weighted by molar-refractivity contribution is 7.92. The number of halogens is 3. The Morgan fingerprint density at radius 2 is 1.65 bits per heavy atom. The molecule has 2 amide bonds. The van der Waals surface area contributed by atoms with Crippen LogP contribution in [-0.4, -0.2) is 50.5 Å². The van der Waals surface area contributed by atoms with Crippen molar-refractivity contribution in [1.82, 2.24) is 10.2 Å². The Bertz CT molecular complexity index is 1200. The number of benzene rings is 2. The third kappa shape index (κ3) is 9.06. The molecular formula is C26H34Cl3N3O4S. The number of carbonyl (C=O) groups excluding carboxylic acids is 2. The molecule has 0 aliphatic rings. The van der Waals surface area contributed by atoms with Crippen LogP contribution in [0.4, 0.5) is 5.69 Å². The molecule has 0 aliphatic carbocycles. The fourth-order valence-electron chi connectivity index (χ4n) is 3.72. The molecule has 1 unspecified atom stereocenters. The predicted octanol–water partition coefficient (Wildman–Crippen LogP) is 5.69. The molecule has 204 valence electrons. The number of rotatable bonds is 12. The van der Waals surface area contributed by atoms with Gasteiger partial charge in [0.2, 0.25) is 21.8 Å². The molecule has 0 aromatic heterocycles. The predicted molar refractivity (Wildman–Crippen MR) is 152 cm³/mol. The molecule has 0 fully saturated rings. The molecule has 0 saturated heterocycles. The van der Waals surface area contributed by atoms with E-state index in [0.29, 0.717) is 32.9 Å². The fourth-order valence-corrected chi connectivity index (χ4v) is 5.42. The molecule has 0 spiro atoms. The topological polar surface area (TPSA) is 86.8 Å². The van der Waals surface area contributed by atoms with E-state index in [9.17, 15) is 18.0 Å². The lowest BCUT2D eigenvalue weighted by molar-refractivity contribution is -0.140. The van der Waals surface area contributed by atoms with Crippen molar-refractivity contribution in [3.8, 4) is 0 Å². The molecule has 2 rings (SSSR count). The van der Waals surface area contributed by atoms with Gasteiger partial charge in [-0.25, -0.2) is 8.42 Å². The third-order valence-electron chi connectivity index (χ3n) is 5.83. The number of sulfonamides is 1. The van der Waals surface area contributed by atoms with Crippen molar-refractivity contribution in [2.75, 3.05) is 23.7 Å². The van der Waals surface area contributed by atoms with E-state index < -0.39 is 16.1 Å². The number of hydrogen-bond donors (Lipinski definition) is 1. The molecule has 0 saturated carbocycles. The van der Waals surface area contributed by atoms with Crippen LogP contribution in [-0.2, 0) is 26.2 Å². The maximum absolute atomic E-state index is 13.4. The highest BCUT2D eigenvalue weighted by Crippen LogP contribution is 2.28. The van der Waals surface area contributed by atoms with Crippen molar-refractivity contribution < 1.29 is 18.0 Å². The maximum Gasteiger partial charge on any atom is 0.242 e. The van der Waals surface area contributed by atoms with Crippen LogP contribution in [0.25, 0.3) is 0 Å². The Morgan fingerprint density at radius 3 is 2.22 bits per heavy atom.